The van der Waals surface area contributed by atoms with Crippen LogP contribution in [0.3, 0.4) is 0 Å². The molecule has 1 aromatic carbocycles. The number of Topliss-reactive ketones (excluding diaryl/α,β-unsaturated/α-hetero) is 1. The van der Waals surface area contributed by atoms with Crippen LogP contribution in [0.4, 0.5) is 5.69 Å². The van der Waals surface area contributed by atoms with Crippen molar-refractivity contribution in [3.05, 3.63) is 29.8 Å². The molecule has 3 atom stereocenters. The first-order chi connectivity index (χ1) is 13.1. The van der Waals surface area contributed by atoms with Gasteiger partial charge in [-0.25, -0.2) is 0 Å². The smallest absolute Gasteiger partial charge is 0.244 e. The molecule has 4 rings (SSSR count). The van der Waals surface area contributed by atoms with Crippen molar-refractivity contribution in [1.29, 1.82) is 0 Å². The number of anilines is 1. The van der Waals surface area contributed by atoms with Crippen LogP contribution >= 0.6 is 0 Å². The topological polar surface area (TPSA) is 87.3 Å². The van der Waals surface area contributed by atoms with E-state index in [1.807, 2.05) is 12.1 Å². The van der Waals surface area contributed by atoms with Crippen molar-refractivity contribution in [1.82, 2.24) is 10.6 Å². The average molecular weight is 369 g/mol. The Morgan fingerprint density at radius 1 is 1.00 bits per heavy atom. The SMILES string of the molecule is O=C(Nc1ccc(C2CCCCC2)cc1)C1C(=O)N[C@H]2CCNC[C@@H]2C1=O. The van der Waals surface area contributed by atoms with Crippen molar-refractivity contribution in [3.8, 4) is 0 Å². The van der Waals surface area contributed by atoms with Gasteiger partial charge in [0.15, 0.2) is 11.7 Å². The van der Waals surface area contributed by atoms with Crippen molar-refractivity contribution in [3.63, 3.8) is 0 Å². The van der Waals surface area contributed by atoms with Gasteiger partial charge in [0.05, 0.1) is 5.92 Å². The van der Waals surface area contributed by atoms with Gasteiger partial charge in [0.1, 0.15) is 0 Å². The van der Waals surface area contributed by atoms with E-state index in [4.69, 9.17) is 0 Å². The quantitative estimate of drug-likeness (QED) is 0.711. The number of ketones is 1. The number of piperidine rings is 2. The zero-order chi connectivity index (χ0) is 18.8. The largest absolute Gasteiger partial charge is 0.351 e. The molecule has 144 valence electrons. The highest BCUT2D eigenvalue weighted by atomic mass is 16.2. The van der Waals surface area contributed by atoms with Crippen molar-refractivity contribution < 1.29 is 14.4 Å². The van der Waals surface area contributed by atoms with Gasteiger partial charge in [-0.05, 0) is 49.4 Å². The normalized spacial score (nSPS) is 29.0. The zero-order valence-corrected chi connectivity index (χ0v) is 15.5. The summed E-state index contributed by atoms with van der Waals surface area (Å²) in [6.07, 6.45) is 7.04. The highest BCUT2D eigenvalue weighted by Crippen LogP contribution is 2.33. The number of hydrogen-bond donors (Lipinski definition) is 3. The minimum absolute atomic E-state index is 0.148. The molecule has 0 spiro atoms. The lowest BCUT2D eigenvalue weighted by molar-refractivity contribution is -0.146. The highest BCUT2D eigenvalue weighted by Gasteiger charge is 2.47. The second-order valence-electron chi connectivity index (χ2n) is 8.00. The predicted molar refractivity (Wildman–Crippen MR) is 102 cm³/mol. The summed E-state index contributed by atoms with van der Waals surface area (Å²) in [5.74, 6) is -2.26. The van der Waals surface area contributed by atoms with Crippen LogP contribution < -0.4 is 16.0 Å². The number of carbonyl (C=O) groups excluding carboxylic acids is 3. The molecular weight excluding hydrogens is 342 g/mol. The Kier molecular flexibility index (Phi) is 5.25. The molecule has 2 aliphatic heterocycles. The maximum absolute atomic E-state index is 12.7. The van der Waals surface area contributed by atoms with E-state index in [-0.39, 0.29) is 17.7 Å². The summed E-state index contributed by atoms with van der Waals surface area (Å²) in [4.78, 5) is 37.7. The predicted octanol–water partition coefficient (Wildman–Crippen LogP) is 1.97. The number of fused-ring (bicyclic) bond motifs is 1. The van der Waals surface area contributed by atoms with Crippen LogP contribution in [-0.4, -0.2) is 36.7 Å². The van der Waals surface area contributed by atoms with Gasteiger partial charge in [0, 0.05) is 18.3 Å². The second kappa shape index (κ2) is 7.80. The lowest BCUT2D eigenvalue weighted by Gasteiger charge is -2.37. The second-order valence-corrected chi connectivity index (χ2v) is 8.00. The molecule has 0 aromatic heterocycles. The van der Waals surface area contributed by atoms with Gasteiger partial charge in [0.2, 0.25) is 11.8 Å². The number of nitrogens with one attached hydrogen (secondary N) is 3. The summed E-state index contributed by atoms with van der Waals surface area (Å²) < 4.78 is 0. The van der Waals surface area contributed by atoms with Crippen molar-refractivity contribution in [2.75, 3.05) is 18.4 Å². The lowest BCUT2D eigenvalue weighted by Crippen LogP contribution is -2.62. The third kappa shape index (κ3) is 3.76. The van der Waals surface area contributed by atoms with Gasteiger partial charge in [-0.3, -0.25) is 14.4 Å². The molecule has 0 bridgehead atoms. The first-order valence-electron chi connectivity index (χ1n) is 10.1. The highest BCUT2D eigenvalue weighted by molar-refractivity contribution is 6.23. The summed E-state index contributed by atoms with van der Waals surface area (Å²) in [5.41, 5.74) is 1.93. The molecule has 3 N–H and O–H groups in total. The van der Waals surface area contributed by atoms with E-state index in [0.717, 1.165) is 13.0 Å². The maximum atomic E-state index is 12.7. The number of rotatable bonds is 3. The van der Waals surface area contributed by atoms with Gasteiger partial charge in [-0.1, -0.05) is 31.4 Å². The zero-order valence-electron chi connectivity index (χ0n) is 15.5. The Balaban J connectivity index is 1.42. The first-order valence-corrected chi connectivity index (χ1v) is 10.1. The molecule has 3 aliphatic rings. The summed E-state index contributed by atoms with van der Waals surface area (Å²) in [6, 6.07) is 7.70. The fourth-order valence-corrected chi connectivity index (χ4v) is 4.68. The summed E-state index contributed by atoms with van der Waals surface area (Å²) in [6.45, 7) is 1.29. The Labute approximate surface area is 159 Å². The molecule has 1 aliphatic carbocycles. The van der Waals surface area contributed by atoms with Crippen molar-refractivity contribution >= 4 is 23.3 Å². The van der Waals surface area contributed by atoms with Gasteiger partial charge >= 0.3 is 0 Å². The number of carbonyl (C=O) groups is 3. The van der Waals surface area contributed by atoms with Gasteiger partial charge < -0.3 is 16.0 Å². The van der Waals surface area contributed by atoms with Crippen molar-refractivity contribution in [2.45, 2.75) is 50.5 Å². The van der Waals surface area contributed by atoms with Crippen LogP contribution in [0.1, 0.15) is 50.0 Å². The van der Waals surface area contributed by atoms with E-state index in [1.165, 1.54) is 37.7 Å². The Hall–Kier alpha value is -2.21. The van der Waals surface area contributed by atoms with E-state index in [0.29, 0.717) is 18.2 Å². The third-order valence-electron chi connectivity index (χ3n) is 6.24. The van der Waals surface area contributed by atoms with E-state index in [2.05, 4.69) is 28.1 Å². The first kappa shape index (κ1) is 18.2. The van der Waals surface area contributed by atoms with E-state index in [9.17, 15) is 14.4 Å². The van der Waals surface area contributed by atoms with Crippen LogP contribution in [0.15, 0.2) is 24.3 Å². The molecule has 0 radical (unpaired) electrons. The van der Waals surface area contributed by atoms with Crippen LogP contribution in [0.2, 0.25) is 0 Å². The van der Waals surface area contributed by atoms with E-state index >= 15 is 0 Å². The fraction of sp³-hybridized carbons (Fsp3) is 0.571. The molecule has 2 amide bonds. The molecule has 1 unspecified atom stereocenters. The molecule has 6 nitrogen and oxygen atoms in total. The molecular formula is C21H27N3O3. The Morgan fingerprint density at radius 2 is 1.74 bits per heavy atom. The molecule has 1 aromatic rings. The van der Waals surface area contributed by atoms with Gasteiger partial charge in [-0.15, -0.1) is 0 Å². The molecule has 2 heterocycles. The number of benzene rings is 1. The average Bonchev–Trinajstić information content (AvgIpc) is 2.69. The van der Waals surface area contributed by atoms with E-state index < -0.39 is 17.7 Å². The maximum Gasteiger partial charge on any atom is 0.244 e. The molecule has 6 heteroatoms. The number of hydrogen-bond acceptors (Lipinski definition) is 4. The van der Waals surface area contributed by atoms with Gasteiger partial charge in [-0.2, -0.15) is 0 Å². The van der Waals surface area contributed by atoms with Crippen LogP contribution in [-0.2, 0) is 14.4 Å². The molecule has 1 saturated carbocycles. The summed E-state index contributed by atoms with van der Waals surface area (Å²) in [5, 5.41) is 8.79. The molecule has 2 saturated heterocycles. The molecule has 27 heavy (non-hydrogen) atoms. The van der Waals surface area contributed by atoms with Crippen LogP contribution in [0, 0.1) is 11.8 Å². The minimum atomic E-state index is -1.26. The van der Waals surface area contributed by atoms with E-state index in [1.54, 1.807) is 0 Å². The summed E-state index contributed by atoms with van der Waals surface area (Å²) in [7, 11) is 0. The van der Waals surface area contributed by atoms with Crippen LogP contribution in [0.5, 0.6) is 0 Å². The van der Waals surface area contributed by atoms with Gasteiger partial charge in [0.25, 0.3) is 0 Å². The van der Waals surface area contributed by atoms with Crippen LogP contribution in [0.25, 0.3) is 0 Å². The Bertz CT molecular complexity index is 725. The van der Waals surface area contributed by atoms with Crippen molar-refractivity contribution in [2.24, 2.45) is 11.8 Å². The summed E-state index contributed by atoms with van der Waals surface area (Å²) >= 11 is 0. The standard InChI is InChI=1S/C21H27N3O3/c25-19-16-12-22-11-10-17(16)24-21(27)18(19)20(26)23-15-8-6-14(7-9-15)13-4-2-1-3-5-13/h6-9,13,16-18,22H,1-5,10-12H2,(H,23,26)(H,24,27)/t16-,17-,18?/m0/s1. The fourth-order valence-electron chi connectivity index (χ4n) is 4.68. The monoisotopic (exact) mass is 369 g/mol. The minimum Gasteiger partial charge on any atom is -0.351 e. The third-order valence-corrected chi connectivity index (χ3v) is 6.24. The Morgan fingerprint density at radius 3 is 2.48 bits per heavy atom. The molecule has 3 fully saturated rings. The number of amides is 2. The lowest BCUT2D eigenvalue weighted by atomic mass is 9.79.